The van der Waals surface area contributed by atoms with Gasteiger partial charge in [0.25, 0.3) is 5.91 Å². The molecule has 0 saturated carbocycles. The van der Waals surface area contributed by atoms with Gasteiger partial charge in [-0.05, 0) is 30.7 Å². The number of alkyl halides is 3. The summed E-state index contributed by atoms with van der Waals surface area (Å²) in [7, 11) is 1.37. The minimum Gasteiger partial charge on any atom is -0.481 e. The molecule has 0 unspecified atom stereocenters. The number of pyridine rings is 2. The van der Waals surface area contributed by atoms with Crippen molar-refractivity contribution in [3.8, 4) is 11.8 Å². The predicted molar refractivity (Wildman–Crippen MR) is 87.4 cm³/mol. The number of halogens is 3. The van der Waals surface area contributed by atoms with Gasteiger partial charge < -0.3 is 14.8 Å². The van der Waals surface area contributed by atoms with Crippen LogP contribution in [0.25, 0.3) is 0 Å². The maximum absolute atomic E-state index is 12.2. The molecule has 1 N–H and O–H groups in total. The number of rotatable bonds is 7. The zero-order chi connectivity index (χ0) is 19.2. The zero-order valence-corrected chi connectivity index (χ0v) is 14.3. The molecule has 0 aliphatic carbocycles. The quantitative estimate of drug-likeness (QED) is 0.813. The Morgan fingerprint density at radius 3 is 2.69 bits per heavy atom. The van der Waals surface area contributed by atoms with Crippen molar-refractivity contribution in [2.75, 3.05) is 20.3 Å². The first-order valence-corrected chi connectivity index (χ1v) is 7.79. The van der Waals surface area contributed by atoms with E-state index in [1.165, 1.54) is 19.4 Å². The molecular weight excluding hydrogens is 351 g/mol. The molecule has 0 spiro atoms. The highest BCUT2D eigenvalue weighted by Gasteiger charge is 2.28. The van der Waals surface area contributed by atoms with Gasteiger partial charge in [-0.15, -0.1) is 0 Å². The smallest absolute Gasteiger partial charge is 0.422 e. The summed E-state index contributed by atoms with van der Waals surface area (Å²) in [4.78, 5) is 19.8. The van der Waals surface area contributed by atoms with Crippen LogP contribution in [0.15, 0.2) is 30.5 Å². The van der Waals surface area contributed by atoms with Crippen LogP contribution in [0.5, 0.6) is 11.8 Å². The number of methoxy groups -OCH3 is 1. The summed E-state index contributed by atoms with van der Waals surface area (Å²) in [6.07, 6.45) is -2.56. The monoisotopic (exact) mass is 369 g/mol. The van der Waals surface area contributed by atoms with Crippen LogP contribution in [0, 0.1) is 0 Å². The predicted octanol–water partition coefficient (Wildman–Crippen LogP) is 2.77. The Labute approximate surface area is 148 Å². The van der Waals surface area contributed by atoms with Crippen LogP contribution in [0.4, 0.5) is 13.2 Å². The molecule has 9 heteroatoms. The second-order valence-electron chi connectivity index (χ2n) is 5.31. The fraction of sp³-hybridized carbons (Fsp3) is 0.353. The molecule has 26 heavy (non-hydrogen) atoms. The Morgan fingerprint density at radius 2 is 2.04 bits per heavy atom. The molecule has 2 rings (SSSR count). The third-order valence-electron chi connectivity index (χ3n) is 3.28. The number of nitrogens with one attached hydrogen (secondary N) is 1. The first kappa shape index (κ1) is 19.5. The fourth-order valence-electron chi connectivity index (χ4n) is 2.18. The van der Waals surface area contributed by atoms with Gasteiger partial charge in [0, 0.05) is 30.8 Å². The highest BCUT2D eigenvalue weighted by atomic mass is 19.4. The van der Waals surface area contributed by atoms with Crippen molar-refractivity contribution in [1.29, 1.82) is 0 Å². The summed E-state index contributed by atoms with van der Waals surface area (Å²) < 4.78 is 46.4. The number of aromatic nitrogens is 2. The summed E-state index contributed by atoms with van der Waals surface area (Å²) >= 11 is 0. The van der Waals surface area contributed by atoms with Crippen molar-refractivity contribution in [2.24, 2.45) is 0 Å². The SMILES string of the molecule is CCNC(=O)c1cc(Cc2ccc(OCC(F)(F)F)nc2OC)ccn1. The van der Waals surface area contributed by atoms with E-state index in [1.54, 1.807) is 25.1 Å². The molecule has 2 heterocycles. The highest BCUT2D eigenvalue weighted by molar-refractivity contribution is 5.92. The van der Waals surface area contributed by atoms with E-state index in [9.17, 15) is 18.0 Å². The number of hydrogen-bond donors (Lipinski definition) is 1. The van der Waals surface area contributed by atoms with Crippen LogP contribution in [0.1, 0.15) is 28.5 Å². The largest absolute Gasteiger partial charge is 0.481 e. The summed E-state index contributed by atoms with van der Waals surface area (Å²) in [6, 6.07) is 6.29. The van der Waals surface area contributed by atoms with Crippen molar-refractivity contribution in [3.63, 3.8) is 0 Å². The summed E-state index contributed by atoms with van der Waals surface area (Å²) in [5, 5.41) is 2.66. The average Bonchev–Trinajstić information content (AvgIpc) is 2.60. The number of amides is 1. The molecule has 0 aromatic carbocycles. The van der Waals surface area contributed by atoms with Crippen molar-refractivity contribution in [2.45, 2.75) is 19.5 Å². The van der Waals surface area contributed by atoms with Gasteiger partial charge in [0.1, 0.15) is 5.69 Å². The molecule has 140 valence electrons. The third-order valence-corrected chi connectivity index (χ3v) is 3.28. The Hall–Kier alpha value is -2.84. The van der Waals surface area contributed by atoms with Crippen molar-refractivity contribution >= 4 is 5.91 Å². The number of nitrogens with zero attached hydrogens (tertiary/aromatic N) is 2. The van der Waals surface area contributed by atoms with Crippen LogP contribution in [-0.2, 0) is 6.42 Å². The van der Waals surface area contributed by atoms with Crippen LogP contribution in [0.2, 0.25) is 0 Å². The lowest BCUT2D eigenvalue weighted by Gasteiger charge is -2.12. The van der Waals surface area contributed by atoms with Gasteiger partial charge in [0.15, 0.2) is 6.61 Å². The minimum absolute atomic E-state index is 0.154. The van der Waals surface area contributed by atoms with Crippen molar-refractivity contribution in [3.05, 3.63) is 47.3 Å². The summed E-state index contributed by atoms with van der Waals surface area (Å²) in [5.74, 6) is -0.308. The molecule has 0 atom stereocenters. The Balaban J connectivity index is 2.16. The highest BCUT2D eigenvalue weighted by Crippen LogP contribution is 2.24. The van der Waals surface area contributed by atoms with Gasteiger partial charge in [-0.2, -0.15) is 18.2 Å². The molecule has 0 bridgehead atoms. The normalized spacial score (nSPS) is 11.1. The second kappa shape index (κ2) is 8.50. The number of hydrogen-bond acceptors (Lipinski definition) is 5. The topological polar surface area (TPSA) is 73.3 Å². The van der Waals surface area contributed by atoms with E-state index in [0.717, 1.165) is 5.56 Å². The molecule has 0 radical (unpaired) electrons. The molecule has 6 nitrogen and oxygen atoms in total. The third kappa shape index (κ3) is 5.61. The van der Waals surface area contributed by atoms with Crippen molar-refractivity contribution < 1.29 is 27.4 Å². The van der Waals surface area contributed by atoms with Gasteiger partial charge in [0.05, 0.1) is 7.11 Å². The lowest BCUT2D eigenvalue weighted by Crippen LogP contribution is -2.23. The maximum atomic E-state index is 12.2. The lowest BCUT2D eigenvalue weighted by molar-refractivity contribution is -0.154. The minimum atomic E-state index is -4.44. The second-order valence-corrected chi connectivity index (χ2v) is 5.31. The first-order valence-electron chi connectivity index (χ1n) is 7.79. The molecule has 0 fully saturated rings. The van der Waals surface area contributed by atoms with Crippen LogP contribution in [0.3, 0.4) is 0 Å². The standard InChI is InChI=1S/C17H18F3N3O3/c1-3-21-15(24)13-9-11(6-7-22-13)8-12-4-5-14(23-16(12)25-2)26-10-17(18,19)20/h4-7,9H,3,8,10H2,1-2H3,(H,21,24). The average molecular weight is 369 g/mol. The molecule has 0 saturated heterocycles. The number of ether oxygens (including phenoxy) is 2. The first-order chi connectivity index (χ1) is 12.3. The molecule has 0 aliphatic heterocycles. The van der Waals surface area contributed by atoms with E-state index in [-0.39, 0.29) is 23.4 Å². The Morgan fingerprint density at radius 1 is 1.27 bits per heavy atom. The van der Waals surface area contributed by atoms with E-state index in [0.29, 0.717) is 18.5 Å². The van der Waals surface area contributed by atoms with Gasteiger partial charge in [0.2, 0.25) is 11.8 Å². The molecule has 0 aliphatic rings. The van der Waals surface area contributed by atoms with Crippen LogP contribution >= 0.6 is 0 Å². The summed E-state index contributed by atoms with van der Waals surface area (Å²) in [6.45, 7) is 0.866. The molecule has 2 aromatic rings. The van der Waals surface area contributed by atoms with Gasteiger partial charge >= 0.3 is 6.18 Å². The van der Waals surface area contributed by atoms with Crippen molar-refractivity contribution in [1.82, 2.24) is 15.3 Å². The van der Waals surface area contributed by atoms with Gasteiger partial charge in [-0.3, -0.25) is 9.78 Å². The van der Waals surface area contributed by atoms with E-state index in [4.69, 9.17) is 4.74 Å². The Kier molecular flexibility index (Phi) is 6.37. The molecule has 2 aromatic heterocycles. The van der Waals surface area contributed by atoms with Gasteiger partial charge in [-0.1, -0.05) is 0 Å². The number of carbonyl (C=O) groups is 1. The fourth-order valence-corrected chi connectivity index (χ4v) is 2.18. The van der Waals surface area contributed by atoms with Crippen LogP contribution < -0.4 is 14.8 Å². The van der Waals surface area contributed by atoms with Crippen LogP contribution in [-0.4, -0.2) is 42.3 Å². The van der Waals surface area contributed by atoms with E-state index < -0.39 is 12.8 Å². The maximum Gasteiger partial charge on any atom is 0.422 e. The van der Waals surface area contributed by atoms with E-state index in [2.05, 4.69) is 20.0 Å². The van der Waals surface area contributed by atoms with E-state index in [1.807, 2.05) is 0 Å². The van der Waals surface area contributed by atoms with Gasteiger partial charge in [-0.25, -0.2) is 0 Å². The summed E-state index contributed by atoms with van der Waals surface area (Å²) in [5.41, 5.74) is 1.70. The molecular formula is C17H18F3N3O3. The zero-order valence-electron chi connectivity index (χ0n) is 14.3. The Bertz CT molecular complexity index is 766. The number of carbonyl (C=O) groups excluding carboxylic acids is 1. The van der Waals surface area contributed by atoms with E-state index >= 15 is 0 Å². The lowest BCUT2D eigenvalue weighted by atomic mass is 10.1. The molecule has 1 amide bonds.